The van der Waals surface area contributed by atoms with Crippen LogP contribution in [-0.4, -0.2) is 19.9 Å². The molecule has 0 fully saturated rings. The van der Waals surface area contributed by atoms with E-state index < -0.39 is 14.9 Å². The molecule has 0 saturated heterocycles. The third kappa shape index (κ3) is 3.24. The van der Waals surface area contributed by atoms with Crippen molar-refractivity contribution in [2.24, 2.45) is 0 Å². The number of para-hydroxylation sites is 1. The minimum atomic E-state index is -3.95. The van der Waals surface area contributed by atoms with Crippen LogP contribution in [0.15, 0.2) is 66.1 Å². The molecule has 0 N–H and O–H groups in total. The van der Waals surface area contributed by atoms with Gasteiger partial charge < -0.3 is 0 Å². The average Bonchev–Trinajstić information content (AvgIpc) is 2.53. The standard InChI is InChI=1S/C16H16N2O4S/c1-3-12-17(14-8-5-4-6-9-14)23(21,22)16-11-7-10-15(13(16)2)18(19)20/h3-11H,1,12H2,2H3. The van der Waals surface area contributed by atoms with E-state index in [-0.39, 0.29) is 22.7 Å². The molecule has 2 rings (SSSR count). The van der Waals surface area contributed by atoms with Crippen molar-refractivity contribution in [1.29, 1.82) is 0 Å². The van der Waals surface area contributed by atoms with Crippen LogP contribution in [0.25, 0.3) is 0 Å². The minimum absolute atomic E-state index is 0.0640. The molecule has 0 aliphatic rings. The number of anilines is 1. The van der Waals surface area contributed by atoms with Gasteiger partial charge in [0.25, 0.3) is 15.7 Å². The van der Waals surface area contributed by atoms with E-state index in [0.717, 1.165) is 0 Å². The Morgan fingerprint density at radius 2 is 1.83 bits per heavy atom. The summed E-state index contributed by atoms with van der Waals surface area (Å²) in [7, 11) is -3.95. The van der Waals surface area contributed by atoms with Gasteiger partial charge in [-0.2, -0.15) is 0 Å². The summed E-state index contributed by atoms with van der Waals surface area (Å²) in [4.78, 5) is 10.4. The molecule has 0 spiro atoms. The summed E-state index contributed by atoms with van der Waals surface area (Å²) in [6, 6.07) is 12.6. The smallest absolute Gasteiger partial charge is 0.263 e. The van der Waals surface area contributed by atoms with E-state index in [9.17, 15) is 18.5 Å². The lowest BCUT2D eigenvalue weighted by Gasteiger charge is -2.23. The SMILES string of the molecule is C=CCN(c1ccccc1)S(=O)(=O)c1cccc([N+](=O)[O-])c1C. The van der Waals surface area contributed by atoms with Crippen molar-refractivity contribution in [3.63, 3.8) is 0 Å². The highest BCUT2D eigenvalue weighted by Crippen LogP contribution is 2.29. The zero-order valence-electron chi connectivity index (χ0n) is 12.5. The molecule has 0 saturated carbocycles. The molecule has 0 aliphatic carbocycles. The molecule has 120 valence electrons. The molecule has 0 aliphatic heterocycles. The van der Waals surface area contributed by atoms with Gasteiger partial charge in [-0.1, -0.05) is 30.3 Å². The van der Waals surface area contributed by atoms with Crippen molar-refractivity contribution >= 4 is 21.4 Å². The van der Waals surface area contributed by atoms with E-state index in [1.807, 2.05) is 0 Å². The summed E-state index contributed by atoms with van der Waals surface area (Å²) in [5, 5.41) is 11.0. The highest BCUT2D eigenvalue weighted by Gasteiger charge is 2.28. The molecule has 0 bridgehead atoms. The van der Waals surface area contributed by atoms with Crippen LogP contribution < -0.4 is 4.31 Å². The van der Waals surface area contributed by atoms with Crippen LogP contribution in [0, 0.1) is 17.0 Å². The second kappa shape index (κ2) is 6.62. The first-order chi connectivity index (χ1) is 10.9. The lowest BCUT2D eigenvalue weighted by atomic mass is 10.2. The molecule has 0 unspecified atom stereocenters. The Labute approximate surface area is 134 Å². The first kappa shape index (κ1) is 16.7. The van der Waals surface area contributed by atoms with Crippen LogP contribution in [0.1, 0.15) is 5.56 Å². The van der Waals surface area contributed by atoms with Crippen LogP contribution >= 0.6 is 0 Å². The van der Waals surface area contributed by atoms with Gasteiger partial charge >= 0.3 is 0 Å². The topological polar surface area (TPSA) is 80.5 Å². The number of benzene rings is 2. The third-order valence-corrected chi connectivity index (χ3v) is 5.30. The summed E-state index contributed by atoms with van der Waals surface area (Å²) in [6.07, 6.45) is 1.47. The normalized spacial score (nSPS) is 11.0. The van der Waals surface area contributed by atoms with Gasteiger partial charge in [0.1, 0.15) is 0 Å². The second-order valence-electron chi connectivity index (χ2n) is 4.82. The third-order valence-electron chi connectivity index (χ3n) is 3.36. The maximum absolute atomic E-state index is 13.0. The Kier molecular flexibility index (Phi) is 4.80. The van der Waals surface area contributed by atoms with Crippen molar-refractivity contribution in [2.75, 3.05) is 10.8 Å². The fourth-order valence-corrected chi connectivity index (χ4v) is 3.93. The molecular weight excluding hydrogens is 316 g/mol. The van der Waals surface area contributed by atoms with Crippen LogP contribution in [0.4, 0.5) is 11.4 Å². The van der Waals surface area contributed by atoms with Crippen molar-refractivity contribution in [3.8, 4) is 0 Å². The zero-order valence-corrected chi connectivity index (χ0v) is 13.4. The fraction of sp³-hybridized carbons (Fsp3) is 0.125. The van der Waals surface area contributed by atoms with E-state index in [1.54, 1.807) is 30.3 Å². The molecule has 0 amide bonds. The maximum atomic E-state index is 13.0. The van der Waals surface area contributed by atoms with Crippen LogP contribution in [0.5, 0.6) is 0 Å². The van der Waals surface area contributed by atoms with E-state index in [2.05, 4.69) is 6.58 Å². The molecule has 7 heteroatoms. The molecule has 6 nitrogen and oxygen atoms in total. The Morgan fingerprint density at radius 3 is 2.39 bits per heavy atom. The van der Waals surface area contributed by atoms with Crippen LogP contribution in [0.2, 0.25) is 0 Å². The fourth-order valence-electron chi connectivity index (χ4n) is 2.25. The average molecular weight is 332 g/mol. The van der Waals surface area contributed by atoms with Crippen molar-refractivity contribution in [2.45, 2.75) is 11.8 Å². The number of hydrogen-bond acceptors (Lipinski definition) is 4. The summed E-state index contributed by atoms with van der Waals surface area (Å²) in [5.74, 6) is 0. The predicted octanol–water partition coefficient (Wildman–Crippen LogP) is 3.28. The monoisotopic (exact) mass is 332 g/mol. The van der Waals surface area contributed by atoms with E-state index in [1.165, 1.54) is 35.5 Å². The number of hydrogen-bond donors (Lipinski definition) is 0. The zero-order chi connectivity index (χ0) is 17.0. The van der Waals surface area contributed by atoms with Gasteiger partial charge in [0.15, 0.2) is 0 Å². The van der Waals surface area contributed by atoms with E-state index in [0.29, 0.717) is 5.69 Å². The van der Waals surface area contributed by atoms with Gasteiger partial charge in [-0.15, -0.1) is 6.58 Å². The lowest BCUT2D eigenvalue weighted by Crippen LogP contribution is -2.31. The van der Waals surface area contributed by atoms with Crippen molar-refractivity contribution in [3.05, 3.63) is 76.9 Å². The second-order valence-corrected chi connectivity index (χ2v) is 6.65. The Bertz CT molecular complexity index is 832. The van der Waals surface area contributed by atoms with Gasteiger partial charge in [-0.05, 0) is 25.1 Å². The van der Waals surface area contributed by atoms with Gasteiger partial charge in [-0.25, -0.2) is 8.42 Å². The summed E-state index contributed by atoms with van der Waals surface area (Å²) in [6.45, 7) is 5.08. The number of rotatable bonds is 6. The Morgan fingerprint density at radius 1 is 1.17 bits per heavy atom. The largest absolute Gasteiger partial charge is 0.273 e. The maximum Gasteiger partial charge on any atom is 0.273 e. The number of nitro groups is 1. The molecular formula is C16H16N2O4S. The van der Waals surface area contributed by atoms with Gasteiger partial charge in [-0.3, -0.25) is 14.4 Å². The highest BCUT2D eigenvalue weighted by atomic mass is 32.2. The Balaban J connectivity index is 2.62. The van der Waals surface area contributed by atoms with Gasteiger partial charge in [0.05, 0.1) is 22.1 Å². The molecule has 0 radical (unpaired) electrons. The Hall–Kier alpha value is -2.67. The predicted molar refractivity (Wildman–Crippen MR) is 89.0 cm³/mol. The van der Waals surface area contributed by atoms with Crippen LogP contribution in [0.3, 0.4) is 0 Å². The number of sulfonamides is 1. The molecule has 23 heavy (non-hydrogen) atoms. The number of nitro benzene ring substituents is 1. The first-order valence-electron chi connectivity index (χ1n) is 6.82. The lowest BCUT2D eigenvalue weighted by molar-refractivity contribution is -0.385. The van der Waals surface area contributed by atoms with Gasteiger partial charge in [0.2, 0.25) is 0 Å². The molecule has 0 aromatic heterocycles. The first-order valence-corrected chi connectivity index (χ1v) is 8.26. The number of nitrogens with zero attached hydrogens (tertiary/aromatic N) is 2. The molecule has 0 heterocycles. The minimum Gasteiger partial charge on any atom is -0.263 e. The highest BCUT2D eigenvalue weighted by molar-refractivity contribution is 7.92. The van der Waals surface area contributed by atoms with Crippen molar-refractivity contribution < 1.29 is 13.3 Å². The molecule has 2 aromatic carbocycles. The van der Waals surface area contributed by atoms with Crippen molar-refractivity contribution in [1.82, 2.24) is 0 Å². The summed E-state index contributed by atoms with van der Waals surface area (Å²) < 4.78 is 27.1. The summed E-state index contributed by atoms with van der Waals surface area (Å²) in [5.41, 5.74) is 0.360. The molecule has 2 aromatic rings. The van der Waals surface area contributed by atoms with Gasteiger partial charge in [0, 0.05) is 11.6 Å². The van der Waals surface area contributed by atoms with E-state index in [4.69, 9.17) is 0 Å². The van der Waals surface area contributed by atoms with Crippen LogP contribution in [-0.2, 0) is 10.0 Å². The molecule has 0 atom stereocenters. The van der Waals surface area contributed by atoms with E-state index >= 15 is 0 Å². The quantitative estimate of drug-likeness (QED) is 0.462. The summed E-state index contributed by atoms with van der Waals surface area (Å²) >= 11 is 0.